The standard InChI is InChI=1S/C15H26N2O3/c1-8-15(7)11(18)10(9-16)14(5,6)17(15)12(19)20-13(2,3)4/h10-11,18H,8H2,1-7H3. The molecule has 1 N–H and O–H groups in total. The van der Waals surface area contributed by atoms with Crippen molar-refractivity contribution in [3.63, 3.8) is 0 Å². The number of likely N-dealkylation sites (tertiary alicyclic amines) is 1. The van der Waals surface area contributed by atoms with Crippen LogP contribution in [0.1, 0.15) is 54.9 Å². The number of carbonyl (C=O) groups is 1. The van der Waals surface area contributed by atoms with Gasteiger partial charge in [0.15, 0.2) is 0 Å². The summed E-state index contributed by atoms with van der Waals surface area (Å²) in [5.74, 6) is -0.639. The molecule has 0 saturated carbocycles. The lowest BCUT2D eigenvalue weighted by Crippen LogP contribution is -2.56. The third-order valence-corrected chi connectivity index (χ3v) is 4.23. The Hall–Kier alpha value is -1.28. The first kappa shape index (κ1) is 16.8. The van der Waals surface area contributed by atoms with Gasteiger partial charge in [0, 0.05) is 0 Å². The minimum atomic E-state index is -0.889. The third-order valence-electron chi connectivity index (χ3n) is 4.23. The molecule has 1 aliphatic rings. The third kappa shape index (κ3) is 2.49. The van der Waals surface area contributed by atoms with Gasteiger partial charge in [-0.1, -0.05) is 6.92 Å². The summed E-state index contributed by atoms with van der Waals surface area (Å²) in [7, 11) is 0. The van der Waals surface area contributed by atoms with Crippen molar-refractivity contribution in [1.82, 2.24) is 4.90 Å². The maximum Gasteiger partial charge on any atom is 0.411 e. The molecule has 0 aromatic heterocycles. The fourth-order valence-corrected chi connectivity index (χ4v) is 3.02. The molecule has 0 radical (unpaired) electrons. The van der Waals surface area contributed by atoms with Gasteiger partial charge in [-0.2, -0.15) is 5.26 Å². The smallest absolute Gasteiger partial charge is 0.411 e. The van der Waals surface area contributed by atoms with Crippen molar-refractivity contribution in [2.75, 3.05) is 0 Å². The topological polar surface area (TPSA) is 73.6 Å². The lowest BCUT2D eigenvalue weighted by Gasteiger charge is -2.42. The van der Waals surface area contributed by atoms with E-state index in [0.29, 0.717) is 6.42 Å². The van der Waals surface area contributed by atoms with E-state index in [4.69, 9.17) is 4.74 Å². The van der Waals surface area contributed by atoms with Crippen molar-refractivity contribution in [2.45, 2.75) is 77.7 Å². The summed E-state index contributed by atoms with van der Waals surface area (Å²) in [6.45, 7) is 12.7. The average Bonchev–Trinajstić information content (AvgIpc) is 2.40. The summed E-state index contributed by atoms with van der Waals surface area (Å²) in [6, 6.07) is 2.14. The quantitative estimate of drug-likeness (QED) is 0.802. The van der Waals surface area contributed by atoms with Gasteiger partial charge in [-0.05, 0) is 48.0 Å². The van der Waals surface area contributed by atoms with Crippen LogP contribution in [-0.4, -0.2) is 38.9 Å². The van der Waals surface area contributed by atoms with Gasteiger partial charge >= 0.3 is 6.09 Å². The molecule has 20 heavy (non-hydrogen) atoms. The minimum absolute atomic E-state index is 0.483. The van der Waals surface area contributed by atoms with Gasteiger partial charge in [0.1, 0.15) is 5.60 Å². The fourth-order valence-electron chi connectivity index (χ4n) is 3.02. The second kappa shape index (κ2) is 4.92. The van der Waals surface area contributed by atoms with Crippen LogP contribution in [0.3, 0.4) is 0 Å². The number of aliphatic hydroxyl groups is 1. The van der Waals surface area contributed by atoms with Crippen LogP contribution >= 0.6 is 0 Å². The van der Waals surface area contributed by atoms with Gasteiger partial charge in [0.2, 0.25) is 0 Å². The molecule has 0 aliphatic carbocycles. The zero-order valence-corrected chi connectivity index (χ0v) is 13.5. The molecule has 5 nitrogen and oxygen atoms in total. The molecule has 1 aliphatic heterocycles. The van der Waals surface area contributed by atoms with E-state index < -0.39 is 34.8 Å². The van der Waals surface area contributed by atoms with Crippen LogP contribution in [0.15, 0.2) is 0 Å². The molecular weight excluding hydrogens is 256 g/mol. The van der Waals surface area contributed by atoms with E-state index in [1.165, 1.54) is 0 Å². The summed E-state index contributed by atoms with van der Waals surface area (Å²) in [5.41, 5.74) is -2.19. The number of carbonyl (C=O) groups excluding carboxylic acids is 1. The first-order valence-corrected chi connectivity index (χ1v) is 7.03. The predicted molar refractivity (Wildman–Crippen MR) is 76.0 cm³/mol. The zero-order valence-electron chi connectivity index (χ0n) is 13.5. The van der Waals surface area contributed by atoms with Crippen LogP contribution in [0.25, 0.3) is 0 Å². The van der Waals surface area contributed by atoms with Crippen LogP contribution in [0.5, 0.6) is 0 Å². The SMILES string of the molecule is CCC1(C)C(O)C(C#N)C(C)(C)N1C(=O)OC(C)(C)C. The molecule has 114 valence electrons. The summed E-state index contributed by atoms with van der Waals surface area (Å²) in [4.78, 5) is 14.1. The molecule has 0 aromatic rings. The zero-order chi connectivity index (χ0) is 15.9. The molecule has 1 fully saturated rings. The largest absolute Gasteiger partial charge is 0.444 e. The molecule has 3 unspecified atom stereocenters. The van der Waals surface area contributed by atoms with E-state index >= 15 is 0 Å². The summed E-state index contributed by atoms with van der Waals surface area (Å²) in [6.07, 6.45) is -0.821. The van der Waals surface area contributed by atoms with Crippen molar-refractivity contribution in [3.8, 4) is 6.07 Å². The van der Waals surface area contributed by atoms with E-state index in [9.17, 15) is 15.2 Å². The highest BCUT2D eigenvalue weighted by Crippen LogP contribution is 2.47. The number of amides is 1. The maximum absolute atomic E-state index is 12.5. The van der Waals surface area contributed by atoms with E-state index in [2.05, 4.69) is 6.07 Å². The maximum atomic E-state index is 12.5. The molecule has 0 bridgehead atoms. The Labute approximate surface area is 121 Å². The Balaban J connectivity index is 3.26. The first-order chi connectivity index (χ1) is 8.91. The molecule has 3 atom stereocenters. The van der Waals surface area contributed by atoms with Crippen LogP contribution in [0.2, 0.25) is 0 Å². The van der Waals surface area contributed by atoms with Gasteiger partial charge in [-0.25, -0.2) is 4.79 Å². The normalized spacial score (nSPS) is 32.9. The average molecular weight is 282 g/mol. The highest BCUT2D eigenvalue weighted by atomic mass is 16.6. The number of hydrogen-bond acceptors (Lipinski definition) is 4. The highest BCUT2D eigenvalue weighted by Gasteiger charge is 2.62. The number of hydrogen-bond donors (Lipinski definition) is 1. The lowest BCUT2D eigenvalue weighted by atomic mass is 9.84. The number of nitrogens with zero attached hydrogens (tertiary/aromatic N) is 2. The molecule has 1 amide bonds. The number of rotatable bonds is 1. The molecule has 5 heteroatoms. The van der Waals surface area contributed by atoms with Crippen LogP contribution in [0, 0.1) is 17.2 Å². The van der Waals surface area contributed by atoms with Gasteiger partial charge in [-0.3, -0.25) is 4.90 Å². The van der Waals surface area contributed by atoms with Crippen LogP contribution in [-0.2, 0) is 4.74 Å². The second-order valence-electron chi connectivity index (χ2n) is 7.23. The van der Waals surface area contributed by atoms with Gasteiger partial charge in [0.05, 0.1) is 29.2 Å². The van der Waals surface area contributed by atoms with Crippen LogP contribution in [0.4, 0.5) is 4.79 Å². The van der Waals surface area contributed by atoms with Crippen molar-refractivity contribution in [1.29, 1.82) is 5.26 Å². The Morgan fingerprint density at radius 1 is 1.40 bits per heavy atom. The monoisotopic (exact) mass is 282 g/mol. The van der Waals surface area contributed by atoms with E-state index in [1.54, 1.807) is 46.4 Å². The van der Waals surface area contributed by atoms with E-state index in [1.807, 2.05) is 6.92 Å². The Morgan fingerprint density at radius 3 is 2.25 bits per heavy atom. The Bertz CT molecular complexity index is 433. The fraction of sp³-hybridized carbons (Fsp3) is 0.867. The van der Waals surface area contributed by atoms with Crippen molar-refractivity contribution < 1.29 is 14.6 Å². The Morgan fingerprint density at radius 2 is 1.90 bits per heavy atom. The summed E-state index contributed by atoms with van der Waals surface area (Å²) < 4.78 is 5.46. The van der Waals surface area contributed by atoms with E-state index in [-0.39, 0.29) is 0 Å². The molecule has 1 saturated heterocycles. The first-order valence-electron chi connectivity index (χ1n) is 7.03. The van der Waals surface area contributed by atoms with E-state index in [0.717, 1.165) is 0 Å². The number of aliphatic hydroxyl groups excluding tert-OH is 1. The van der Waals surface area contributed by atoms with Crippen molar-refractivity contribution in [3.05, 3.63) is 0 Å². The van der Waals surface area contributed by atoms with Crippen LogP contribution < -0.4 is 0 Å². The van der Waals surface area contributed by atoms with Gasteiger partial charge in [0.25, 0.3) is 0 Å². The lowest BCUT2D eigenvalue weighted by molar-refractivity contribution is -0.0271. The number of nitriles is 1. The summed E-state index contributed by atoms with van der Waals surface area (Å²) >= 11 is 0. The minimum Gasteiger partial charge on any atom is -0.444 e. The summed E-state index contributed by atoms with van der Waals surface area (Å²) in [5, 5.41) is 19.8. The molecule has 1 rings (SSSR count). The molecular formula is C15H26N2O3. The Kier molecular flexibility index (Phi) is 4.13. The predicted octanol–water partition coefficient (Wildman–Crippen LogP) is 2.69. The van der Waals surface area contributed by atoms with Crippen molar-refractivity contribution in [2.24, 2.45) is 5.92 Å². The molecule has 0 spiro atoms. The van der Waals surface area contributed by atoms with Gasteiger partial charge in [-0.15, -0.1) is 0 Å². The second-order valence-corrected chi connectivity index (χ2v) is 7.23. The molecule has 1 heterocycles. The number of ether oxygens (including phenoxy) is 1. The highest BCUT2D eigenvalue weighted by molar-refractivity contribution is 5.71. The van der Waals surface area contributed by atoms with Gasteiger partial charge < -0.3 is 9.84 Å². The van der Waals surface area contributed by atoms with Crippen molar-refractivity contribution >= 4 is 6.09 Å². The molecule has 0 aromatic carbocycles.